The quantitative estimate of drug-likeness (QED) is 0.687. The van der Waals surface area contributed by atoms with E-state index in [-0.39, 0.29) is 11.7 Å². The summed E-state index contributed by atoms with van der Waals surface area (Å²) in [6.07, 6.45) is 0.484. The van der Waals surface area contributed by atoms with E-state index < -0.39 is 0 Å². The van der Waals surface area contributed by atoms with E-state index in [0.29, 0.717) is 29.1 Å². The van der Waals surface area contributed by atoms with Gasteiger partial charge < -0.3 is 16.2 Å². The van der Waals surface area contributed by atoms with Crippen LogP contribution in [0.5, 0.6) is 5.75 Å². The van der Waals surface area contributed by atoms with Crippen molar-refractivity contribution in [2.75, 3.05) is 6.54 Å². The van der Waals surface area contributed by atoms with E-state index in [9.17, 15) is 9.90 Å². The Bertz CT molecular complexity index is 418. The fraction of sp³-hybridized carbons (Fsp3) is 0.273. The maximum atomic E-state index is 11.6. The monoisotopic (exact) mass is 238 g/mol. The molecule has 0 aliphatic heterocycles. The van der Waals surface area contributed by atoms with Crippen molar-refractivity contribution in [1.82, 2.24) is 5.32 Å². The summed E-state index contributed by atoms with van der Waals surface area (Å²) in [5, 5.41) is 12.0. The number of nitrogens with one attached hydrogen (secondary N) is 1. The van der Waals surface area contributed by atoms with Crippen molar-refractivity contribution >= 4 is 23.1 Å². The van der Waals surface area contributed by atoms with Gasteiger partial charge in [0.25, 0.3) is 5.91 Å². The normalized spacial score (nSPS) is 9.81. The van der Waals surface area contributed by atoms with E-state index in [0.717, 1.165) is 0 Å². The maximum Gasteiger partial charge on any atom is 0.251 e. The van der Waals surface area contributed by atoms with Gasteiger partial charge in [0.15, 0.2) is 0 Å². The molecule has 4 N–H and O–H groups in total. The molecule has 0 aliphatic rings. The van der Waals surface area contributed by atoms with Crippen molar-refractivity contribution in [3.05, 3.63) is 29.3 Å². The van der Waals surface area contributed by atoms with Gasteiger partial charge >= 0.3 is 0 Å². The number of aryl methyl sites for hydroxylation is 1. The van der Waals surface area contributed by atoms with Crippen LogP contribution in [0.15, 0.2) is 18.2 Å². The molecule has 0 atom stereocenters. The number of carbonyl (C=O) groups is 1. The molecular weight excluding hydrogens is 224 g/mol. The lowest BCUT2D eigenvalue weighted by molar-refractivity contribution is 0.0954. The van der Waals surface area contributed by atoms with Gasteiger partial charge in [-0.25, -0.2) is 0 Å². The van der Waals surface area contributed by atoms with E-state index in [1.807, 2.05) is 0 Å². The zero-order valence-electron chi connectivity index (χ0n) is 8.99. The van der Waals surface area contributed by atoms with Crippen molar-refractivity contribution in [2.45, 2.75) is 13.3 Å². The predicted molar refractivity (Wildman–Crippen MR) is 66.6 cm³/mol. The van der Waals surface area contributed by atoms with Crippen molar-refractivity contribution in [1.29, 1.82) is 0 Å². The van der Waals surface area contributed by atoms with Crippen LogP contribution in [0.25, 0.3) is 0 Å². The molecule has 1 amide bonds. The summed E-state index contributed by atoms with van der Waals surface area (Å²) in [4.78, 5) is 12.0. The molecule has 4 nitrogen and oxygen atoms in total. The van der Waals surface area contributed by atoms with Crippen molar-refractivity contribution in [2.24, 2.45) is 5.73 Å². The fourth-order valence-electron chi connectivity index (χ4n) is 1.20. The van der Waals surface area contributed by atoms with Crippen LogP contribution in [0.4, 0.5) is 0 Å². The SMILES string of the molecule is Cc1cc(C(=O)NCCC(N)=S)ccc1O. The number of amides is 1. The molecule has 0 unspecified atom stereocenters. The van der Waals surface area contributed by atoms with Crippen LogP contribution in [-0.4, -0.2) is 22.5 Å². The summed E-state index contributed by atoms with van der Waals surface area (Å²) in [6, 6.07) is 4.70. The van der Waals surface area contributed by atoms with Gasteiger partial charge in [-0.3, -0.25) is 4.79 Å². The van der Waals surface area contributed by atoms with Crippen LogP contribution >= 0.6 is 12.2 Å². The summed E-state index contributed by atoms with van der Waals surface area (Å²) in [6.45, 7) is 2.16. The first-order valence-electron chi connectivity index (χ1n) is 4.87. The van der Waals surface area contributed by atoms with Gasteiger partial charge in [-0.1, -0.05) is 12.2 Å². The highest BCUT2D eigenvalue weighted by atomic mass is 32.1. The van der Waals surface area contributed by atoms with Gasteiger partial charge in [0, 0.05) is 18.5 Å². The second-order valence-corrected chi connectivity index (χ2v) is 4.00. The van der Waals surface area contributed by atoms with Crippen molar-refractivity contribution in [3.63, 3.8) is 0 Å². The molecule has 0 saturated heterocycles. The van der Waals surface area contributed by atoms with Crippen molar-refractivity contribution < 1.29 is 9.90 Å². The van der Waals surface area contributed by atoms with Gasteiger partial charge in [0.2, 0.25) is 0 Å². The Morgan fingerprint density at radius 3 is 2.81 bits per heavy atom. The average Bonchev–Trinajstić information content (AvgIpc) is 2.21. The van der Waals surface area contributed by atoms with Gasteiger partial charge in [0.05, 0.1) is 4.99 Å². The highest BCUT2D eigenvalue weighted by molar-refractivity contribution is 7.80. The minimum Gasteiger partial charge on any atom is -0.508 e. The second kappa shape index (κ2) is 5.46. The molecule has 0 aliphatic carbocycles. The Morgan fingerprint density at radius 1 is 1.56 bits per heavy atom. The third kappa shape index (κ3) is 3.51. The Hall–Kier alpha value is -1.62. The van der Waals surface area contributed by atoms with Gasteiger partial charge in [0.1, 0.15) is 5.75 Å². The van der Waals surface area contributed by atoms with Gasteiger partial charge in [-0.2, -0.15) is 0 Å². The van der Waals surface area contributed by atoms with E-state index >= 15 is 0 Å². The standard InChI is InChI=1S/C11H14N2O2S/c1-7-6-8(2-3-9(7)14)11(15)13-5-4-10(12)16/h2-3,6,14H,4-5H2,1H3,(H2,12,16)(H,13,15). The predicted octanol–water partition coefficient (Wildman–Crippen LogP) is 1.11. The number of phenolic OH excluding ortho intramolecular Hbond substituents is 1. The fourth-order valence-corrected chi connectivity index (χ4v) is 1.30. The zero-order chi connectivity index (χ0) is 12.1. The van der Waals surface area contributed by atoms with Gasteiger partial charge in [-0.05, 0) is 30.7 Å². The number of rotatable bonds is 4. The minimum atomic E-state index is -0.195. The second-order valence-electron chi connectivity index (χ2n) is 3.47. The molecular formula is C11H14N2O2S. The average molecular weight is 238 g/mol. The maximum absolute atomic E-state index is 11.6. The molecule has 1 aromatic rings. The summed E-state index contributed by atoms with van der Waals surface area (Å²) in [5.74, 6) is -0.0148. The highest BCUT2D eigenvalue weighted by Crippen LogP contribution is 2.16. The lowest BCUT2D eigenvalue weighted by Gasteiger charge is -2.06. The lowest BCUT2D eigenvalue weighted by Crippen LogP contribution is -2.27. The number of nitrogens with two attached hydrogens (primary N) is 1. The molecule has 0 spiro atoms. The first-order valence-corrected chi connectivity index (χ1v) is 5.27. The van der Waals surface area contributed by atoms with E-state index in [2.05, 4.69) is 5.32 Å². The third-order valence-corrected chi connectivity index (χ3v) is 2.32. The number of aromatic hydroxyl groups is 1. The minimum absolute atomic E-state index is 0.180. The Morgan fingerprint density at radius 2 is 2.25 bits per heavy atom. The highest BCUT2D eigenvalue weighted by Gasteiger charge is 2.06. The molecule has 1 rings (SSSR count). The van der Waals surface area contributed by atoms with Crippen molar-refractivity contribution in [3.8, 4) is 5.75 Å². The number of carbonyl (C=O) groups excluding carboxylic acids is 1. The summed E-state index contributed by atoms with van der Waals surface area (Å²) < 4.78 is 0. The number of phenols is 1. The van der Waals surface area contributed by atoms with Crippen LogP contribution in [0.2, 0.25) is 0 Å². The molecule has 1 aromatic carbocycles. The Kier molecular flexibility index (Phi) is 4.25. The molecule has 0 heterocycles. The van der Waals surface area contributed by atoms with Crippen LogP contribution in [0.1, 0.15) is 22.3 Å². The van der Waals surface area contributed by atoms with E-state index in [1.165, 1.54) is 6.07 Å². The topological polar surface area (TPSA) is 75.4 Å². The number of thiocarbonyl (C=S) groups is 1. The Balaban J connectivity index is 2.59. The summed E-state index contributed by atoms with van der Waals surface area (Å²) >= 11 is 4.70. The Labute approximate surface area is 99.5 Å². The van der Waals surface area contributed by atoms with Crippen LogP contribution in [0.3, 0.4) is 0 Å². The largest absolute Gasteiger partial charge is 0.508 e. The number of hydrogen-bond donors (Lipinski definition) is 3. The van der Waals surface area contributed by atoms with Crippen LogP contribution in [0, 0.1) is 6.92 Å². The van der Waals surface area contributed by atoms with E-state index in [1.54, 1.807) is 19.1 Å². The zero-order valence-corrected chi connectivity index (χ0v) is 9.80. The third-order valence-electron chi connectivity index (χ3n) is 2.12. The summed E-state index contributed by atoms with van der Waals surface area (Å²) in [5.41, 5.74) is 6.49. The van der Waals surface area contributed by atoms with E-state index in [4.69, 9.17) is 18.0 Å². The molecule has 0 fully saturated rings. The molecule has 0 aromatic heterocycles. The summed E-state index contributed by atoms with van der Waals surface area (Å²) in [7, 11) is 0. The molecule has 5 heteroatoms. The molecule has 86 valence electrons. The molecule has 0 bridgehead atoms. The molecule has 16 heavy (non-hydrogen) atoms. The molecule has 0 radical (unpaired) electrons. The number of benzene rings is 1. The van der Waals surface area contributed by atoms with Crippen LogP contribution in [-0.2, 0) is 0 Å². The smallest absolute Gasteiger partial charge is 0.251 e. The lowest BCUT2D eigenvalue weighted by atomic mass is 10.1. The first-order chi connectivity index (χ1) is 7.50. The van der Waals surface area contributed by atoms with Gasteiger partial charge in [-0.15, -0.1) is 0 Å². The van der Waals surface area contributed by atoms with Crippen LogP contribution < -0.4 is 11.1 Å². The molecule has 0 saturated carbocycles. The first kappa shape index (κ1) is 12.4. The number of hydrogen-bond acceptors (Lipinski definition) is 3.